The zero-order valence-corrected chi connectivity index (χ0v) is 11.1. The lowest BCUT2D eigenvalue weighted by Crippen LogP contribution is -2.18. The standard InChI is InChI=1S/C14H20OS/c1-9-4-10(2)6-12(5-9)14(15)13-7-11(3)16-8-13/h4,7-9,12,14-15H,5-6H2,1-3H3. The van der Waals surface area contributed by atoms with Gasteiger partial charge in [-0.05, 0) is 55.5 Å². The van der Waals surface area contributed by atoms with Crippen molar-refractivity contribution in [1.29, 1.82) is 0 Å². The van der Waals surface area contributed by atoms with Crippen molar-refractivity contribution in [3.8, 4) is 0 Å². The van der Waals surface area contributed by atoms with Crippen LogP contribution < -0.4 is 0 Å². The second-order valence-electron chi connectivity index (χ2n) is 5.13. The molecule has 0 amide bonds. The molecule has 16 heavy (non-hydrogen) atoms. The van der Waals surface area contributed by atoms with Gasteiger partial charge in [0.05, 0.1) is 6.10 Å². The van der Waals surface area contributed by atoms with Crippen LogP contribution in [0.15, 0.2) is 23.1 Å². The van der Waals surface area contributed by atoms with Crippen LogP contribution in [-0.2, 0) is 0 Å². The fraction of sp³-hybridized carbons (Fsp3) is 0.571. The summed E-state index contributed by atoms with van der Waals surface area (Å²) in [5.74, 6) is 1.00. The van der Waals surface area contributed by atoms with Gasteiger partial charge in [-0.3, -0.25) is 0 Å². The van der Waals surface area contributed by atoms with Crippen LogP contribution in [0.2, 0.25) is 0 Å². The minimum atomic E-state index is -0.281. The summed E-state index contributed by atoms with van der Waals surface area (Å²) in [7, 11) is 0. The third kappa shape index (κ3) is 2.55. The Morgan fingerprint density at radius 2 is 2.19 bits per heavy atom. The molecule has 1 aliphatic rings. The Balaban J connectivity index is 2.11. The normalized spacial score (nSPS) is 27.6. The van der Waals surface area contributed by atoms with Gasteiger partial charge in [0.2, 0.25) is 0 Å². The molecule has 1 aromatic rings. The van der Waals surface area contributed by atoms with Gasteiger partial charge >= 0.3 is 0 Å². The molecule has 0 aromatic carbocycles. The van der Waals surface area contributed by atoms with E-state index in [0.29, 0.717) is 11.8 Å². The molecule has 2 rings (SSSR count). The van der Waals surface area contributed by atoms with E-state index in [-0.39, 0.29) is 6.10 Å². The molecule has 88 valence electrons. The van der Waals surface area contributed by atoms with E-state index in [1.807, 2.05) is 0 Å². The first kappa shape index (κ1) is 11.9. The van der Waals surface area contributed by atoms with Crippen LogP contribution in [0.5, 0.6) is 0 Å². The van der Waals surface area contributed by atoms with Gasteiger partial charge < -0.3 is 5.11 Å². The van der Waals surface area contributed by atoms with E-state index in [0.717, 1.165) is 18.4 Å². The van der Waals surface area contributed by atoms with Gasteiger partial charge in [-0.2, -0.15) is 0 Å². The molecule has 3 atom stereocenters. The maximum Gasteiger partial charge on any atom is 0.0829 e. The van der Waals surface area contributed by atoms with Crippen LogP contribution in [0.3, 0.4) is 0 Å². The van der Waals surface area contributed by atoms with Crippen LogP contribution in [0.4, 0.5) is 0 Å². The molecule has 0 saturated heterocycles. The van der Waals surface area contributed by atoms with E-state index in [2.05, 4.69) is 38.3 Å². The number of thiophene rings is 1. The molecule has 0 radical (unpaired) electrons. The van der Waals surface area contributed by atoms with Crippen molar-refractivity contribution in [2.75, 3.05) is 0 Å². The highest BCUT2D eigenvalue weighted by atomic mass is 32.1. The minimum Gasteiger partial charge on any atom is -0.388 e. The highest BCUT2D eigenvalue weighted by Gasteiger charge is 2.26. The third-order valence-electron chi connectivity index (χ3n) is 3.37. The molecule has 0 fully saturated rings. The predicted octanol–water partition coefficient (Wildman–Crippen LogP) is 4.08. The van der Waals surface area contributed by atoms with Gasteiger partial charge in [-0.1, -0.05) is 18.6 Å². The number of aliphatic hydroxyl groups is 1. The van der Waals surface area contributed by atoms with Gasteiger partial charge in [0, 0.05) is 4.88 Å². The summed E-state index contributed by atoms with van der Waals surface area (Å²) >= 11 is 1.72. The quantitative estimate of drug-likeness (QED) is 0.767. The highest BCUT2D eigenvalue weighted by molar-refractivity contribution is 7.10. The van der Waals surface area contributed by atoms with E-state index >= 15 is 0 Å². The Kier molecular flexibility index (Phi) is 3.50. The number of allylic oxidation sites excluding steroid dienone is 2. The van der Waals surface area contributed by atoms with Crippen LogP contribution in [0, 0.1) is 18.8 Å². The smallest absolute Gasteiger partial charge is 0.0829 e. The van der Waals surface area contributed by atoms with Crippen LogP contribution in [0.25, 0.3) is 0 Å². The topological polar surface area (TPSA) is 20.2 Å². The number of hydrogen-bond acceptors (Lipinski definition) is 2. The Bertz CT molecular complexity index is 391. The zero-order valence-electron chi connectivity index (χ0n) is 10.2. The maximum absolute atomic E-state index is 10.4. The molecule has 0 bridgehead atoms. The lowest BCUT2D eigenvalue weighted by Gasteiger charge is -2.29. The number of hydrogen-bond donors (Lipinski definition) is 1. The SMILES string of the molecule is CC1=CC(C)CC(C(O)c2csc(C)c2)C1. The third-order valence-corrected chi connectivity index (χ3v) is 4.25. The lowest BCUT2D eigenvalue weighted by molar-refractivity contribution is 0.0936. The first-order chi connectivity index (χ1) is 7.56. The highest BCUT2D eigenvalue weighted by Crippen LogP contribution is 2.37. The van der Waals surface area contributed by atoms with Crippen LogP contribution in [0.1, 0.15) is 43.2 Å². The molecule has 2 heteroatoms. The molecule has 3 unspecified atom stereocenters. The van der Waals surface area contributed by atoms with Crippen molar-refractivity contribution in [3.05, 3.63) is 33.5 Å². The van der Waals surface area contributed by atoms with Gasteiger partial charge in [0.25, 0.3) is 0 Å². The molecular weight excluding hydrogens is 216 g/mol. The molecule has 0 saturated carbocycles. The van der Waals surface area contributed by atoms with Crippen LogP contribution in [-0.4, -0.2) is 5.11 Å². The van der Waals surface area contributed by atoms with Crippen molar-refractivity contribution in [3.63, 3.8) is 0 Å². The van der Waals surface area contributed by atoms with E-state index in [1.165, 1.54) is 10.5 Å². The average Bonchev–Trinajstić information content (AvgIpc) is 2.62. The zero-order chi connectivity index (χ0) is 11.7. The summed E-state index contributed by atoms with van der Waals surface area (Å²) in [4.78, 5) is 1.28. The molecule has 0 spiro atoms. The predicted molar refractivity (Wildman–Crippen MR) is 69.7 cm³/mol. The summed E-state index contributed by atoms with van der Waals surface area (Å²) < 4.78 is 0. The van der Waals surface area contributed by atoms with Gasteiger partial charge in [-0.15, -0.1) is 11.3 Å². The molecule has 1 nitrogen and oxygen atoms in total. The van der Waals surface area contributed by atoms with Gasteiger partial charge in [0.1, 0.15) is 0 Å². The Labute approximate surface area is 102 Å². The Morgan fingerprint density at radius 1 is 1.44 bits per heavy atom. The fourth-order valence-corrected chi connectivity index (χ4v) is 3.46. The second-order valence-corrected chi connectivity index (χ2v) is 6.24. The summed E-state index contributed by atoms with van der Waals surface area (Å²) in [6, 6.07) is 2.12. The van der Waals surface area contributed by atoms with E-state index in [4.69, 9.17) is 0 Å². The Morgan fingerprint density at radius 3 is 2.75 bits per heavy atom. The van der Waals surface area contributed by atoms with Crippen molar-refractivity contribution < 1.29 is 5.11 Å². The summed E-state index contributed by atoms with van der Waals surface area (Å²) in [6.45, 7) is 6.50. The van der Waals surface area contributed by atoms with Gasteiger partial charge in [0.15, 0.2) is 0 Å². The number of aryl methyl sites for hydroxylation is 1. The number of rotatable bonds is 2. The molecule has 1 heterocycles. The first-order valence-electron chi connectivity index (χ1n) is 5.96. The molecule has 1 aliphatic carbocycles. The van der Waals surface area contributed by atoms with E-state index in [9.17, 15) is 5.11 Å². The largest absolute Gasteiger partial charge is 0.388 e. The van der Waals surface area contributed by atoms with Gasteiger partial charge in [-0.25, -0.2) is 0 Å². The molecule has 1 N–H and O–H groups in total. The second kappa shape index (κ2) is 4.72. The average molecular weight is 236 g/mol. The van der Waals surface area contributed by atoms with Crippen LogP contribution >= 0.6 is 11.3 Å². The van der Waals surface area contributed by atoms with Crippen molar-refractivity contribution >= 4 is 11.3 Å². The van der Waals surface area contributed by atoms with E-state index in [1.54, 1.807) is 11.3 Å². The minimum absolute atomic E-state index is 0.281. The van der Waals surface area contributed by atoms with E-state index < -0.39 is 0 Å². The summed E-state index contributed by atoms with van der Waals surface area (Å²) in [6.07, 6.45) is 4.20. The van der Waals surface area contributed by atoms with Crippen molar-refractivity contribution in [1.82, 2.24) is 0 Å². The monoisotopic (exact) mass is 236 g/mol. The number of aliphatic hydroxyl groups excluding tert-OH is 1. The van der Waals surface area contributed by atoms with Crippen molar-refractivity contribution in [2.24, 2.45) is 11.8 Å². The van der Waals surface area contributed by atoms with Crippen molar-refractivity contribution in [2.45, 2.75) is 39.7 Å². The maximum atomic E-state index is 10.4. The molecular formula is C14H20OS. The lowest BCUT2D eigenvalue weighted by atomic mass is 9.79. The Hall–Kier alpha value is -0.600. The summed E-state index contributed by atoms with van der Waals surface area (Å²) in [5.41, 5.74) is 2.53. The molecule has 1 aromatic heterocycles. The first-order valence-corrected chi connectivity index (χ1v) is 6.84. The summed E-state index contributed by atoms with van der Waals surface area (Å²) in [5, 5.41) is 12.5. The molecule has 0 aliphatic heterocycles. The fourth-order valence-electron chi connectivity index (χ4n) is 2.73.